The largest absolute Gasteiger partial charge is 0.296 e. The van der Waals surface area contributed by atoms with Crippen LogP contribution in [0.2, 0.25) is 0 Å². The van der Waals surface area contributed by atoms with Crippen LogP contribution in [0.1, 0.15) is 28.0 Å². The molecule has 0 saturated heterocycles. The summed E-state index contributed by atoms with van der Waals surface area (Å²) >= 11 is 2.93. The van der Waals surface area contributed by atoms with Crippen molar-refractivity contribution in [2.45, 2.75) is 23.6 Å². The first-order chi connectivity index (χ1) is 12.3. The van der Waals surface area contributed by atoms with Crippen LogP contribution in [0.25, 0.3) is 10.9 Å². The lowest BCUT2D eigenvalue weighted by atomic mass is 10.0. The van der Waals surface area contributed by atoms with Gasteiger partial charge < -0.3 is 0 Å². The maximum absolute atomic E-state index is 13.0. The highest BCUT2D eigenvalue weighted by Gasteiger charge is 2.24. The van der Waals surface area contributed by atoms with Crippen LogP contribution >= 0.6 is 23.1 Å². The number of carbonyl (C=O) groups is 1. The lowest BCUT2D eigenvalue weighted by molar-refractivity contribution is 0.102. The van der Waals surface area contributed by atoms with Gasteiger partial charge >= 0.3 is 0 Å². The van der Waals surface area contributed by atoms with Crippen LogP contribution < -0.4 is 5.32 Å². The minimum Gasteiger partial charge on any atom is -0.296 e. The van der Waals surface area contributed by atoms with Crippen molar-refractivity contribution in [2.24, 2.45) is 0 Å². The molecular formula is C18H16N4OS2. The molecule has 0 bridgehead atoms. The SMILES string of the molecule is C=CCSc1nnc(NC(=O)c2c3c(nc4ccccc24)CCC3)s1. The lowest BCUT2D eigenvalue weighted by Gasteiger charge is -2.11. The molecule has 0 atom stereocenters. The number of amides is 1. The van der Waals surface area contributed by atoms with Gasteiger partial charge in [-0.25, -0.2) is 0 Å². The monoisotopic (exact) mass is 368 g/mol. The Hall–Kier alpha value is -2.25. The van der Waals surface area contributed by atoms with Crippen LogP contribution in [0.3, 0.4) is 0 Å². The molecule has 0 spiro atoms. The van der Waals surface area contributed by atoms with Gasteiger partial charge in [0.1, 0.15) is 0 Å². The molecule has 1 N–H and O–H groups in total. The highest BCUT2D eigenvalue weighted by atomic mass is 32.2. The van der Waals surface area contributed by atoms with Gasteiger partial charge in [0.25, 0.3) is 5.91 Å². The van der Waals surface area contributed by atoms with E-state index >= 15 is 0 Å². The molecule has 3 aromatic rings. The zero-order valence-corrected chi connectivity index (χ0v) is 15.1. The Morgan fingerprint density at radius 2 is 2.20 bits per heavy atom. The van der Waals surface area contributed by atoms with E-state index in [9.17, 15) is 4.79 Å². The summed E-state index contributed by atoms with van der Waals surface area (Å²) < 4.78 is 0.819. The number of hydrogen-bond donors (Lipinski definition) is 1. The molecule has 1 amide bonds. The molecule has 0 fully saturated rings. The fourth-order valence-corrected chi connectivity index (χ4v) is 4.59. The summed E-state index contributed by atoms with van der Waals surface area (Å²) in [5.41, 5.74) is 3.71. The van der Waals surface area contributed by atoms with Gasteiger partial charge in [0.2, 0.25) is 5.13 Å². The fraction of sp³-hybridized carbons (Fsp3) is 0.222. The van der Waals surface area contributed by atoms with Crippen LogP contribution in [0.4, 0.5) is 5.13 Å². The third-order valence-electron chi connectivity index (χ3n) is 4.10. The summed E-state index contributed by atoms with van der Waals surface area (Å²) in [4.78, 5) is 17.7. The minimum atomic E-state index is -0.131. The number of nitrogens with one attached hydrogen (secondary N) is 1. The number of thioether (sulfide) groups is 1. The molecule has 1 aliphatic rings. The van der Waals surface area contributed by atoms with Crippen LogP contribution in [0.15, 0.2) is 41.3 Å². The zero-order valence-electron chi connectivity index (χ0n) is 13.5. The molecule has 0 unspecified atom stereocenters. The van der Waals surface area contributed by atoms with Crippen molar-refractivity contribution in [3.05, 3.63) is 53.7 Å². The maximum Gasteiger partial charge on any atom is 0.258 e. The van der Waals surface area contributed by atoms with Gasteiger partial charge in [-0.1, -0.05) is 47.4 Å². The fourth-order valence-electron chi connectivity index (χ4n) is 3.08. The summed E-state index contributed by atoms with van der Waals surface area (Å²) in [7, 11) is 0. The van der Waals surface area contributed by atoms with E-state index < -0.39 is 0 Å². The number of carbonyl (C=O) groups excluding carboxylic acids is 1. The number of aromatic nitrogens is 3. The van der Waals surface area contributed by atoms with Crippen molar-refractivity contribution < 1.29 is 4.79 Å². The molecule has 1 aliphatic carbocycles. The Bertz CT molecular complexity index is 967. The van der Waals surface area contributed by atoms with E-state index in [4.69, 9.17) is 4.98 Å². The number of benzene rings is 1. The predicted octanol–water partition coefficient (Wildman–Crippen LogP) is 4.11. The standard InChI is InChI=1S/C18H16N4OS2/c1-2-10-24-18-22-21-17(25-18)20-16(23)15-11-6-3-4-8-13(11)19-14-9-5-7-12(14)15/h2-4,6,8H,1,5,7,9-10H2,(H,20,21,23). The third-order valence-corrected chi connectivity index (χ3v) is 6.07. The number of aryl methyl sites for hydroxylation is 1. The summed E-state index contributed by atoms with van der Waals surface area (Å²) in [5, 5.41) is 12.5. The van der Waals surface area contributed by atoms with Crippen LogP contribution in [0, 0.1) is 0 Å². The third kappa shape index (κ3) is 3.17. The molecule has 25 heavy (non-hydrogen) atoms. The lowest BCUT2D eigenvalue weighted by Crippen LogP contribution is -2.15. The Kier molecular flexibility index (Phi) is 4.50. The number of nitrogens with zero attached hydrogens (tertiary/aromatic N) is 3. The first-order valence-electron chi connectivity index (χ1n) is 8.05. The number of pyridine rings is 1. The van der Waals surface area contributed by atoms with Gasteiger partial charge in [-0.2, -0.15) is 0 Å². The number of hydrogen-bond acceptors (Lipinski definition) is 6. The summed E-state index contributed by atoms with van der Waals surface area (Å²) in [6.45, 7) is 3.69. The van der Waals surface area contributed by atoms with Crippen molar-refractivity contribution in [1.29, 1.82) is 0 Å². The quantitative estimate of drug-likeness (QED) is 0.417. The first-order valence-corrected chi connectivity index (χ1v) is 9.85. The van der Waals surface area contributed by atoms with E-state index in [0.717, 1.165) is 57.1 Å². The second-order valence-corrected chi connectivity index (χ2v) is 7.95. The average molecular weight is 368 g/mol. The summed E-state index contributed by atoms with van der Waals surface area (Å²) in [6.07, 6.45) is 4.69. The van der Waals surface area contributed by atoms with Gasteiger partial charge in [0, 0.05) is 16.8 Å². The molecule has 0 saturated carbocycles. The van der Waals surface area contributed by atoms with E-state index in [2.05, 4.69) is 22.1 Å². The van der Waals surface area contributed by atoms with E-state index in [1.165, 1.54) is 11.3 Å². The topological polar surface area (TPSA) is 67.8 Å². The highest BCUT2D eigenvalue weighted by molar-refractivity contribution is 8.01. The van der Waals surface area contributed by atoms with Gasteiger partial charge in [-0.05, 0) is 30.9 Å². The summed E-state index contributed by atoms with van der Waals surface area (Å²) in [5.74, 6) is 0.638. The van der Waals surface area contributed by atoms with E-state index in [-0.39, 0.29) is 5.91 Å². The molecule has 4 rings (SSSR count). The minimum absolute atomic E-state index is 0.131. The number of anilines is 1. The second kappa shape index (κ2) is 6.93. The van der Waals surface area contributed by atoms with Crippen LogP contribution in [0.5, 0.6) is 0 Å². The van der Waals surface area contributed by atoms with Gasteiger partial charge in [-0.15, -0.1) is 16.8 Å². The van der Waals surface area contributed by atoms with Crippen LogP contribution in [-0.4, -0.2) is 26.8 Å². The first kappa shape index (κ1) is 16.2. The number of fused-ring (bicyclic) bond motifs is 2. The Morgan fingerprint density at radius 3 is 3.08 bits per heavy atom. The molecule has 0 radical (unpaired) electrons. The van der Waals surface area contributed by atoms with E-state index in [0.29, 0.717) is 5.13 Å². The molecule has 2 heterocycles. The predicted molar refractivity (Wildman–Crippen MR) is 103 cm³/mol. The molecule has 126 valence electrons. The number of para-hydroxylation sites is 1. The number of rotatable bonds is 5. The van der Waals surface area contributed by atoms with Crippen molar-refractivity contribution in [1.82, 2.24) is 15.2 Å². The van der Waals surface area contributed by atoms with Gasteiger partial charge in [0.15, 0.2) is 4.34 Å². The van der Waals surface area contributed by atoms with Gasteiger partial charge in [-0.3, -0.25) is 15.1 Å². The van der Waals surface area contributed by atoms with Gasteiger partial charge in [0.05, 0.1) is 11.1 Å². The Balaban J connectivity index is 1.68. The maximum atomic E-state index is 13.0. The van der Waals surface area contributed by atoms with Crippen molar-refractivity contribution >= 4 is 45.0 Å². The normalized spacial score (nSPS) is 13.0. The molecule has 2 aromatic heterocycles. The molecule has 0 aliphatic heterocycles. The van der Waals surface area contributed by atoms with E-state index in [1.54, 1.807) is 11.8 Å². The van der Waals surface area contributed by atoms with Crippen LogP contribution in [-0.2, 0) is 12.8 Å². The van der Waals surface area contributed by atoms with Crippen molar-refractivity contribution in [2.75, 3.05) is 11.1 Å². The Morgan fingerprint density at radius 1 is 1.32 bits per heavy atom. The molecular weight excluding hydrogens is 352 g/mol. The molecule has 7 heteroatoms. The highest BCUT2D eigenvalue weighted by Crippen LogP contribution is 2.31. The smallest absolute Gasteiger partial charge is 0.258 e. The molecule has 5 nitrogen and oxygen atoms in total. The second-order valence-electron chi connectivity index (χ2n) is 5.71. The molecule has 1 aromatic carbocycles. The zero-order chi connectivity index (χ0) is 17.2. The Labute approximate surface area is 153 Å². The van der Waals surface area contributed by atoms with E-state index in [1.807, 2.05) is 30.3 Å². The van der Waals surface area contributed by atoms with Crippen molar-refractivity contribution in [3.8, 4) is 0 Å². The summed E-state index contributed by atoms with van der Waals surface area (Å²) in [6, 6.07) is 7.81. The van der Waals surface area contributed by atoms with Crippen molar-refractivity contribution in [3.63, 3.8) is 0 Å². The average Bonchev–Trinajstić information content (AvgIpc) is 3.26.